The van der Waals surface area contributed by atoms with Gasteiger partial charge in [0.1, 0.15) is 0 Å². The molecule has 0 amide bonds. The van der Waals surface area contributed by atoms with E-state index in [-0.39, 0.29) is 22.3 Å². The topological polar surface area (TPSA) is 84.9 Å². The van der Waals surface area contributed by atoms with Gasteiger partial charge >= 0.3 is 0 Å². The number of benzene rings is 1. The summed E-state index contributed by atoms with van der Waals surface area (Å²) >= 11 is 0. The Hall–Kier alpha value is -2.89. The molecule has 0 bridgehead atoms. The van der Waals surface area contributed by atoms with Crippen LogP contribution in [-0.4, -0.2) is 10.7 Å². The van der Waals surface area contributed by atoms with E-state index in [4.69, 9.17) is 0 Å². The average Bonchev–Trinajstić information content (AvgIpc) is 2.54. The van der Waals surface area contributed by atoms with Crippen molar-refractivity contribution in [3.05, 3.63) is 69.5 Å². The minimum absolute atomic E-state index is 0.0350. The monoisotopic (exact) mass is 367 g/mol. The molecule has 0 radical (unpaired) electrons. The van der Waals surface area contributed by atoms with Crippen LogP contribution < -0.4 is 0 Å². The molecule has 0 aliphatic heterocycles. The summed E-state index contributed by atoms with van der Waals surface area (Å²) in [6.07, 6.45) is 5.25. The van der Waals surface area contributed by atoms with E-state index >= 15 is 0 Å². The highest BCUT2D eigenvalue weighted by Gasteiger charge is 2.33. The third kappa shape index (κ3) is 5.06. The number of nitrogens with zero attached hydrogens (tertiary/aromatic N) is 3. The number of allylic oxidation sites excluding steroid dienone is 5. The van der Waals surface area contributed by atoms with Crippen molar-refractivity contribution in [3.8, 4) is 0 Å². The van der Waals surface area contributed by atoms with Gasteiger partial charge in [-0.15, -0.1) is 0 Å². The van der Waals surface area contributed by atoms with Gasteiger partial charge in [-0.25, -0.2) is 0 Å². The van der Waals surface area contributed by atoms with E-state index < -0.39 is 4.92 Å². The van der Waals surface area contributed by atoms with Gasteiger partial charge in [-0.1, -0.05) is 47.6 Å². The van der Waals surface area contributed by atoms with Crippen molar-refractivity contribution in [2.24, 2.45) is 21.1 Å². The van der Waals surface area contributed by atoms with E-state index in [2.05, 4.69) is 10.2 Å². The van der Waals surface area contributed by atoms with Crippen LogP contribution in [0.3, 0.4) is 0 Å². The van der Waals surface area contributed by atoms with Crippen LogP contribution in [0.5, 0.6) is 0 Å². The fourth-order valence-electron chi connectivity index (χ4n) is 2.67. The normalized spacial score (nSPS) is 15.6. The fraction of sp³-hybridized carbons (Fsp3) is 0.381. The molecule has 1 aromatic rings. The van der Waals surface area contributed by atoms with Crippen LogP contribution in [0.4, 0.5) is 11.4 Å². The second-order valence-electron chi connectivity index (χ2n) is 8.57. The summed E-state index contributed by atoms with van der Waals surface area (Å²) in [7, 11) is 0. The quantitative estimate of drug-likeness (QED) is 0.368. The van der Waals surface area contributed by atoms with Crippen LogP contribution in [0.2, 0.25) is 0 Å². The van der Waals surface area contributed by atoms with Crippen molar-refractivity contribution < 1.29 is 9.72 Å². The van der Waals surface area contributed by atoms with Crippen molar-refractivity contribution in [1.29, 1.82) is 0 Å². The first-order valence-electron chi connectivity index (χ1n) is 8.74. The minimum atomic E-state index is -0.471. The smallest absolute Gasteiger partial charge is 0.271 e. The third-order valence-electron chi connectivity index (χ3n) is 4.15. The second-order valence-corrected chi connectivity index (χ2v) is 8.57. The van der Waals surface area contributed by atoms with E-state index in [0.29, 0.717) is 5.69 Å². The molecule has 1 aliphatic rings. The highest BCUT2D eigenvalue weighted by Crippen LogP contribution is 2.38. The minimum Gasteiger partial charge on any atom is -0.289 e. The number of azo groups is 1. The van der Waals surface area contributed by atoms with Gasteiger partial charge in [0, 0.05) is 23.3 Å². The molecule has 6 heteroatoms. The first-order valence-corrected chi connectivity index (χ1v) is 8.74. The largest absolute Gasteiger partial charge is 0.289 e. The van der Waals surface area contributed by atoms with Crippen molar-refractivity contribution in [2.75, 3.05) is 0 Å². The molecule has 2 rings (SSSR count). The van der Waals surface area contributed by atoms with Gasteiger partial charge in [0.25, 0.3) is 5.69 Å². The maximum Gasteiger partial charge on any atom is 0.271 e. The molecule has 0 aromatic heterocycles. The molecule has 0 unspecified atom stereocenters. The molecule has 6 nitrogen and oxygen atoms in total. The summed E-state index contributed by atoms with van der Waals surface area (Å²) in [5.74, 6) is 0.0581. The summed E-state index contributed by atoms with van der Waals surface area (Å²) in [5, 5.41) is 18.9. The van der Waals surface area contributed by atoms with Gasteiger partial charge in [0.2, 0.25) is 0 Å². The number of Topliss-reactive ketones (excluding diaryl/α,β-unsaturated/α-hetero) is 1. The zero-order valence-electron chi connectivity index (χ0n) is 16.6. The van der Waals surface area contributed by atoms with Gasteiger partial charge in [-0.2, -0.15) is 10.2 Å². The van der Waals surface area contributed by atoms with E-state index in [0.717, 1.165) is 16.7 Å². The number of ketones is 1. The SMILES string of the molecule is CC(C)(C)C1=CC(=CN=Nc2cccc([N+](=O)[O-])c2)C=C(C(C)(C)C)C1=O. The molecule has 1 aromatic carbocycles. The van der Waals surface area contributed by atoms with Gasteiger partial charge in [0.15, 0.2) is 5.78 Å². The summed E-state index contributed by atoms with van der Waals surface area (Å²) in [6, 6.07) is 5.97. The first-order chi connectivity index (χ1) is 12.4. The maximum absolute atomic E-state index is 12.9. The van der Waals surface area contributed by atoms with E-state index in [1.54, 1.807) is 18.3 Å². The second kappa shape index (κ2) is 7.39. The average molecular weight is 367 g/mol. The third-order valence-corrected chi connectivity index (χ3v) is 4.15. The van der Waals surface area contributed by atoms with Crippen LogP contribution in [-0.2, 0) is 4.79 Å². The Kier molecular flexibility index (Phi) is 5.59. The lowest BCUT2D eigenvalue weighted by molar-refractivity contribution is -0.384. The number of nitro groups is 1. The summed E-state index contributed by atoms with van der Waals surface area (Å²) in [5.41, 5.74) is 2.01. The molecule has 27 heavy (non-hydrogen) atoms. The van der Waals surface area contributed by atoms with E-state index in [9.17, 15) is 14.9 Å². The van der Waals surface area contributed by atoms with Crippen molar-refractivity contribution in [3.63, 3.8) is 0 Å². The Bertz CT molecular complexity index is 856. The molecular formula is C21H25N3O3. The number of hydrogen-bond donors (Lipinski definition) is 0. The summed E-state index contributed by atoms with van der Waals surface area (Å²) in [4.78, 5) is 23.2. The number of hydrogen-bond acceptors (Lipinski definition) is 5. The van der Waals surface area contributed by atoms with Gasteiger partial charge in [-0.05, 0) is 34.6 Å². The summed E-state index contributed by atoms with van der Waals surface area (Å²) < 4.78 is 0. The Morgan fingerprint density at radius 2 is 1.56 bits per heavy atom. The molecule has 0 saturated carbocycles. The predicted molar refractivity (Wildman–Crippen MR) is 106 cm³/mol. The molecule has 0 saturated heterocycles. The Labute approximate surface area is 159 Å². The van der Waals surface area contributed by atoms with Crippen molar-refractivity contribution >= 4 is 17.2 Å². The highest BCUT2D eigenvalue weighted by atomic mass is 16.6. The fourth-order valence-corrected chi connectivity index (χ4v) is 2.67. The Balaban J connectivity index is 2.40. The predicted octanol–water partition coefficient (Wildman–Crippen LogP) is 6.09. The van der Waals surface area contributed by atoms with Gasteiger partial charge in [0.05, 0.1) is 16.8 Å². The molecule has 0 N–H and O–H groups in total. The molecule has 0 atom stereocenters. The molecule has 0 fully saturated rings. The van der Waals surface area contributed by atoms with Crippen LogP contribution >= 0.6 is 0 Å². The lowest BCUT2D eigenvalue weighted by atomic mass is 9.72. The van der Waals surface area contributed by atoms with E-state index in [1.165, 1.54) is 12.1 Å². The maximum atomic E-state index is 12.9. The number of non-ortho nitro benzene ring substituents is 1. The van der Waals surface area contributed by atoms with Crippen LogP contribution in [0.25, 0.3) is 0 Å². The van der Waals surface area contributed by atoms with Crippen LogP contribution in [0, 0.1) is 20.9 Å². The van der Waals surface area contributed by atoms with Crippen molar-refractivity contribution in [2.45, 2.75) is 41.5 Å². The molecule has 0 spiro atoms. The van der Waals surface area contributed by atoms with Gasteiger partial charge < -0.3 is 0 Å². The highest BCUT2D eigenvalue weighted by molar-refractivity contribution is 6.11. The van der Waals surface area contributed by atoms with Crippen LogP contribution in [0.15, 0.2) is 69.6 Å². The molecule has 142 valence electrons. The number of nitro benzene ring substituents is 1. The molecule has 1 aliphatic carbocycles. The lowest BCUT2D eigenvalue weighted by Crippen LogP contribution is -2.27. The molecule has 0 heterocycles. The number of carbonyl (C=O) groups excluding carboxylic acids is 1. The van der Waals surface area contributed by atoms with Crippen LogP contribution in [0.1, 0.15) is 41.5 Å². The Morgan fingerprint density at radius 3 is 2.04 bits per heavy atom. The zero-order valence-corrected chi connectivity index (χ0v) is 16.6. The Morgan fingerprint density at radius 1 is 1.00 bits per heavy atom. The number of rotatable bonds is 3. The molecular weight excluding hydrogens is 342 g/mol. The lowest BCUT2D eigenvalue weighted by Gasteiger charge is -2.31. The zero-order chi connectivity index (χ0) is 20.4. The standard InChI is InChI=1S/C21H25N3O3/c1-20(2,3)17-10-14(11-18(19(17)25)21(4,5)6)13-22-23-15-8-7-9-16(12-15)24(26)27/h7-13H,1-6H3. The summed E-state index contributed by atoms with van der Waals surface area (Å²) in [6.45, 7) is 12.0. The first kappa shape index (κ1) is 20.4. The van der Waals surface area contributed by atoms with E-state index in [1.807, 2.05) is 53.7 Å². The van der Waals surface area contributed by atoms with Crippen molar-refractivity contribution in [1.82, 2.24) is 0 Å². The van der Waals surface area contributed by atoms with Gasteiger partial charge in [-0.3, -0.25) is 14.9 Å². The number of carbonyl (C=O) groups is 1.